The average molecular weight is 191 g/mol. The second-order valence-corrected chi connectivity index (χ2v) is 4.72. The maximum absolute atomic E-state index is 10.7. The first kappa shape index (κ1) is 12.1. The van der Waals surface area contributed by atoms with Crippen LogP contribution in [0.25, 0.3) is 0 Å². The Bertz CT molecular complexity index is 124. The van der Waals surface area contributed by atoms with Crippen LogP contribution in [0.4, 0.5) is 0 Å². The summed E-state index contributed by atoms with van der Waals surface area (Å²) in [5, 5.41) is 3.33. The van der Waals surface area contributed by atoms with Crippen LogP contribution in [0.2, 0.25) is 0 Å². The molecule has 1 unspecified atom stereocenters. The van der Waals surface area contributed by atoms with Crippen molar-refractivity contribution in [2.24, 2.45) is 5.92 Å². The van der Waals surface area contributed by atoms with E-state index in [1.54, 1.807) is 6.26 Å². The SMILES string of the molecule is CCC(CC)CNCCS(C)=O. The Morgan fingerprint density at radius 2 is 1.92 bits per heavy atom. The summed E-state index contributed by atoms with van der Waals surface area (Å²) in [5.41, 5.74) is 0. The molecule has 3 heteroatoms. The molecule has 1 atom stereocenters. The van der Waals surface area contributed by atoms with Crippen molar-refractivity contribution in [1.29, 1.82) is 0 Å². The van der Waals surface area contributed by atoms with Crippen molar-refractivity contribution in [3.8, 4) is 0 Å². The highest BCUT2D eigenvalue weighted by atomic mass is 32.2. The lowest BCUT2D eigenvalue weighted by Gasteiger charge is -2.12. The minimum Gasteiger partial charge on any atom is -0.316 e. The van der Waals surface area contributed by atoms with Gasteiger partial charge in [-0.25, -0.2) is 0 Å². The molecule has 1 N–H and O–H groups in total. The van der Waals surface area contributed by atoms with E-state index in [2.05, 4.69) is 19.2 Å². The van der Waals surface area contributed by atoms with Crippen molar-refractivity contribution in [2.45, 2.75) is 26.7 Å². The first-order chi connectivity index (χ1) is 5.70. The topological polar surface area (TPSA) is 29.1 Å². The van der Waals surface area contributed by atoms with Gasteiger partial charge in [-0.3, -0.25) is 4.21 Å². The van der Waals surface area contributed by atoms with Crippen LogP contribution in [0.3, 0.4) is 0 Å². The van der Waals surface area contributed by atoms with Gasteiger partial charge in [0.25, 0.3) is 0 Å². The van der Waals surface area contributed by atoms with E-state index in [9.17, 15) is 4.21 Å². The van der Waals surface area contributed by atoms with Crippen molar-refractivity contribution in [3.05, 3.63) is 0 Å². The molecule has 0 saturated carbocycles. The van der Waals surface area contributed by atoms with Gasteiger partial charge in [0.15, 0.2) is 0 Å². The Balaban J connectivity index is 3.23. The molecule has 74 valence electrons. The van der Waals surface area contributed by atoms with Gasteiger partial charge >= 0.3 is 0 Å². The summed E-state index contributed by atoms with van der Waals surface area (Å²) in [5.74, 6) is 1.57. The maximum Gasteiger partial charge on any atom is 0.0357 e. The van der Waals surface area contributed by atoms with Crippen molar-refractivity contribution >= 4 is 10.8 Å². The van der Waals surface area contributed by atoms with Gasteiger partial charge in [0, 0.05) is 29.4 Å². The molecule has 0 heterocycles. The van der Waals surface area contributed by atoms with E-state index in [1.807, 2.05) is 0 Å². The lowest BCUT2D eigenvalue weighted by Crippen LogP contribution is -2.26. The van der Waals surface area contributed by atoms with Crippen molar-refractivity contribution < 1.29 is 4.21 Å². The third kappa shape index (κ3) is 6.80. The minimum atomic E-state index is -0.647. The molecule has 0 aliphatic carbocycles. The summed E-state index contributed by atoms with van der Waals surface area (Å²) in [7, 11) is -0.647. The van der Waals surface area contributed by atoms with Gasteiger partial charge in [0.2, 0.25) is 0 Å². The number of hydrogen-bond acceptors (Lipinski definition) is 2. The predicted molar refractivity (Wildman–Crippen MR) is 55.9 cm³/mol. The summed E-state index contributed by atoms with van der Waals surface area (Å²) in [6.07, 6.45) is 4.22. The number of nitrogens with one attached hydrogen (secondary N) is 1. The lowest BCUT2D eigenvalue weighted by atomic mass is 10.0. The molecule has 0 aliphatic rings. The lowest BCUT2D eigenvalue weighted by molar-refractivity contribution is 0.457. The van der Waals surface area contributed by atoms with Gasteiger partial charge < -0.3 is 5.32 Å². The molecule has 0 spiro atoms. The minimum absolute atomic E-state index is 0.647. The van der Waals surface area contributed by atoms with Gasteiger partial charge in [0.05, 0.1) is 0 Å². The Labute approximate surface area is 78.6 Å². The van der Waals surface area contributed by atoms with E-state index in [1.165, 1.54) is 12.8 Å². The zero-order valence-corrected chi connectivity index (χ0v) is 9.25. The zero-order valence-electron chi connectivity index (χ0n) is 8.43. The van der Waals surface area contributed by atoms with E-state index in [4.69, 9.17) is 0 Å². The summed E-state index contributed by atoms with van der Waals surface area (Å²) in [6, 6.07) is 0. The monoisotopic (exact) mass is 191 g/mol. The quantitative estimate of drug-likeness (QED) is 0.616. The Morgan fingerprint density at radius 3 is 2.33 bits per heavy atom. The largest absolute Gasteiger partial charge is 0.316 e. The van der Waals surface area contributed by atoms with Crippen LogP contribution >= 0.6 is 0 Å². The molecule has 2 nitrogen and oxygen atoms in total. The highest BCUT2D eigenvalue weighted by Crippen LogP contribution is 2.04. The third-order valence-corrected chi connectivity index (χ3v) is 2.93. The molecule has 0 aliphatic heterocycles. The van der Waals surface area contributed by atoms with Gasteiger partial charge in [-0.05, 0) is 12.5 Å². The van der Waals surface area contributed by atoms with Gasteiger partial charge in [0.1, 0.15) is 0 Å². The Morgan fingerprint density at radius 1 is 1.33 bits per heavy atom. The smallest absolute Gasteiger partial charge is 0.0357 e. The first-order valence-corrected chi connectivity index (χ1v) is 6.44. The molecule has 12 heavy (non-hydrogen) atoms. The fraction of sp³-hybridized carbons (Fsp3) is 1.00. The van der Waals surface area contributed by atoms with E-state index < -0.39 is 10.8 Å². The van der Waals surface area contributed by atoms with E-state index >= 15 is 0 Å². The zero-order chi connectivity index (χ0) is 9.40. The molecule has 0 rings (SSSR count). The fourth-order valence-corrected chi connectivity index (χ4v) is 1.53. The summed E-state index contributed by atoms with van der Waals surface area (Å²) < 4.78 is 10.7. The summed E-state index contributed by atoms with van der Waals surface area (Å²) in [6.45, 7) is 6.39. The molecular weight excluding hydrogens is 170 g/mol. The molecule has 0 fully saturated rings. The van der Waals surface area contributed by atoms with Gasteiger partial charge in [-0.15, -0.1) is 0 Å². The molecule has 0 radical (unpaired) electrons. The molecule has 0 aromatic rings. The molecular formula is C9H21NOS. The molecule has 0 saturated heterocycles. The van der Waals surface area contributed by atoms with Crippen LogP contribution in [0.1, 0.15) is 26.7 Å². The Kier molecular flexibility index (Phi) is 7.81. The molecule has 0 aromatic carbocycles. The van der Waals surface area contributed by atoms with Crippen LogP contribution in [0.5, 0.6) is 0 Å². The normalized spacial score (nSPS) is 13.7. The van der Waals surface area contributed by atoms with Gasteiger partial charge in [-0.1, -0.05) is 26.7 Å². The number of hydrogen-bond donors (Lipinski definition) is 1. The van der Waals surface area contributed by atoms with Crippen molar-refractivity contribution in [2.75, 3.05) is 25.1 Å². The standard InChI is InChI=1S/C9H21NOS/c1-4-9(5-2)8-10-6-7-12(3)11/h9-10H,4-8H2,1-3H3. The van der Waals surface area contributed by atoms with Crippen LogP contribution in [0, 0.1) is 5.92 Å². The van der Waals surface area contributed by atoms with Crippen LogP contribution in [-0.4, -0.2) is 29.3 Å². The van der Waals surface area contributed by atoms with Crippen molar-refractivity contribution in [1.82, 2.24) is 5.32 Å². The highest BCUT2D eigenvalue weighted by Gasteiger charge is 2.01. The summed E-state index contributed by atoms with van der Waals surface area (Å²) >= 11 is 0. The summed E-state index contributed by atoms with van der Waals surface area (Å²) in [4.78, 5) is 0. The highest BCUT2D eigenvalue weighted by molar-refractivity contribution is 7.84. The maximum atomic E-state index is 10.7. The molecule has 0 aromatic heterocycles. The first-order valence-electron chi connectivity index (χ1n) is 4.71. The molecule has 0 amide bonds. The average Bonchev–Trinajstić information content (AvgIpc) is 2.04. The second kappa shape index (κ2) is 7.74. The van der Waals surface area contributed by atoms with E-state index in [0.29, 0.717) is 0 Å². The fourth-order valence-electron chi connectivity index (χ4n) is 1.10. The van der Waals surface area contributed by atoms with Crippen molar-refractivity contribution in [3.63, 3.8) is 0 Å². The van der Waals surface area contributed by atoms with Crippen LogP contribution in [-0.2, 0) is 10.8 Å². The molecule has 0 bridgehead atoms. The third-order valence-electron chi connectivity index (χ3n) is 2.15. The van der Waals surface area contributed by atoms with E-state index in [0.717, 1.165) is 24.8 Å². The second-order valence-electron chi connectivity index (χ2n) is 3.16. The van der Waals surface area contributed by atoms with Crippen LogP contribution in [0.15, 0.2) is 0 Å². The predicted octanol–water partition coefficient (Wildman–Crippen LogP) is 1.39. The van der Waals surface area contributed by atoms with E-state index in [-0.39, 0.29) is 0 Å². The van der Waals surface area contributed by atoms with Gasteiger partial charge in [-0.2, -0.15) is 0 Å². The number of rotatable bonds is 7. The Hall–Kier alpha value is 0.110. The van der Waals surface area contributed by atoms with Crippen LogP contribution < -0.4 is 5.32 Å².